The molecule has 0 bridgehead atoms. The van der Waals surface area contributed by atoms with Gasteiger partial charge in [0.15, 0.2) is 0 Å². The lowest BCUT2D eigenvalue weighted by Gasteiger charge is -2.12. The predicted molar refractivity (Wildman–Crippen MR) is 85.5 cm³/mol. The highest BCUT2D eigenvalue weighted by atomic mass is 35.5. The molecule has 1 unspecified atom stereocenters. The van der Waals surface area contributed by atoms with Gasteiger partial charge in [-0.1, -0.05) is 46.9 Å². The first-order chi connectivity index (χ1) is 9.51. The van der Waals surface area contributed by atoms with Gasteiger partial charge >= 0.3 is 0 Å². The van der Waals surface area contributed by atoms with Gasteiger partial charge in [0.2, 0.25) is 0 Å². The highest BCUT2D eigenvalue weighted by Gasteiger charge is 2.09. The third-order valence-corrected chi connectivity index (χ3v) is 4.03. The fourth-order valence-electron chi connectivity index (χ4n) is 1.70. The van der Waals surface area contributed by atoms with Crippen LogP contribution >= 0.6 is 34.8 Å². The van der Waals surface area contributed by atoms with Crippen LogP contribution < -0.4 is 10.1 Å². The van der Waals surface area contributed by atoms with E-state index in [0.717, 1.165) is 0 Å². The zero-order valence-electron chi connectivity index (χ0n) is 11.1. The molecular weight excluding hydrogens is 317 g/mol. The van der Waals surface area contributed by atoms with Crippen molar-refractivity contribution in [2.24, 2.45) is 0 Å². The first-order valence-corrected chi connectivity index (χ1v) is 7.24. The minimum Gasteiger partial charge on any atom is -0.456 e. The Hall–Kier alpha value is -0.930. The molecule has 5 heteroatoms. The van der Waals surface area contributed by atoms with Gasteiger partial charge in [0.25, 0.3) is 0 Å². The molecule has 0 saturated heterocycles. The van der Waals surface area contributed by atoms with E-state index in [2.05, 4.69) is 12.2 Å². The number of nitrogens with one attached hydrogen (secondary N) is 1. The fraction of sp³-hybridized carbons (Fsp3) is 0.200. The second-order valence-corrected chi connectivity index (χ2v) is 5.60. The zero-order chi connectivity index (χ0) is 14.7. The highest BCUT2D eigenvalue weighted by molar-refractivity contribution is 6.43. The average Bonchev–Trinajstić information content (AvgIpc) is 2.44. The van der Waals surface area contributed by atoms with Gasteiger partial charge in [-0.25, -0.2) is 0 Å². The molecule has 20 heavy (non-hydrogen) atoms. The summed E-state index contributed by atoms with van der Waals surface area (Å²) in [6.07, 6.45) is 0. The van der Waals surface area contributed by atoms with Gasteiger partial charge < -0.3 is 10.1 Å². The standard InChI is InChI=1S/C15H14Cl3NO/c1-9(19-2)10-3-5-11(6-4-10)20-15-8-13(17)12(16)7-14(15)18/h3-9,19H,1-2H3. The molecule has 2 aromatic carbocycles. The van der Waals surface area contributed by atoms with Crippen LogP contribution in [0.25, 0.3) is 0 Å². The molecule has 0 radical (unpaired) electrons. The van der Waals surface area contributed by atoms with E-state index in [-0.39, 0.29) is 6.04 Å². The topological polar surface area (TPSA) is 21.3 Å². The molecule has 0 aliphatic rings. The third kappa shape index (κ3) is 3.58. The summed E-state index contributed by atoms with van der Waals surface area (Å²) >= 11 is 17.9. The van der Waals surface area contributed by atoms with Gasteiger partial charge in [-0.15, -0.1) is 0 Å². The Labute approximate surface area is 133 Å². The lowest BCUT2D eigenvalue weighted by Crippen LogP contribution is -2.11. The van der Waals surface area contributed by atoms with Crippen molar-refractivity contribution in [3.8, 4) is 11.5 Å². The summed E-state index contributed by atoms with van der Waals surface area (Å²) < 4.78 is 5.72. The summed E-state index contributed by atoms with van der Waals surface area (Å²) in [6.45, 7) is 2.09. The normalized spacial score (nSPS) is 12.2. The van der Waals surface area contributed by atoms with Crippen LogP contribution in [0.2, 0.25) is 15.1 Å². The molecule has 1 atom stereocenters. The Bertz CT molecular complexity index is 599. The second kappa shape index (κ2) is 6.68. The molecule has 0 spiro atoms. The van der Waals surface area contributed by atoms with Crippen molar-refractivity contribution in [2.75, 3.05) is 7.05 Å². The molecule has 0 heterocycles. The Kier molecular flexibility index (Phi) is 5.17. The molecule has 0 aliphatic heterocycles. The second-order valence-electron chi connectivity index (χ2n) is 4.38. The van der Waals surface area contributed by atoms with Gasteiger partial charge in [-0.3, -0.25) is 0 Å². The SMILES string of the molecule is CNC(C)c1ccc(Oc2cc(Cl)c(Cl)cc2Cl)cc1. The largest absolute Gasteiger partial charge is 0.456 e. The predicted octanol–water partition coefficient (Wildman–Crippen LogP) is 5.72. The number of benzene rings is 2. The first kappa shape index (κ1) is 15.5. The van der Waals surface area contributed by atoms with Crippen molar-refractivity contribution in [3.05, 3.63) is 57.0 Å². The third-order valence-electron chi connectivity index (χ3n) is 3.02. The van der Waals surface area contributed by atoms with Crippen molar-refractivity contribution in [1.82, 2.24) is 5.32 Å². The number of hydrogen-bond acceptors (Lipinski definition) is 2. The molecule has 0 saturated carbocycles. The molecule has 106 valence electrons. The van der Waals surface area contributed by atoms with Crippen LogP contribution in [0.3, 0.4) is 0 Å². The van der Waals surface area contributed by atoms with Crippen LogP contribution in [0, 0.1) is 0 Å². The van der Waals surface area contributed by atoms with Crippen molar-refractivity contribution < 1.29 is 4.74 Å². The molecule has 2 nitrogen and oxygen atoms in total. The summed E-state index contributed by atoms with van der Waals surface area (Å²) in [4.78, 5) is 0. The zero-order valence-corrected chi connectivity index (χ0v) is 13.4. The van der Waals surface area contributed by atoms with E-state index in [1.54, 1.807) is 12.1 Å². The maximum atomic E-state index is 6.08. The van der Waals surface area contributed by atoms with E-state index in [0.29, 0.717) is 26.6 Å². The fourth-order valence-corrected chi connectivity index (χ4v) is 2.28. The Morgan fingerprint density at radius 1 is 0.950 bits per heavy atom. The van der Waals surface area contributed by atoms with E-state index in [9.17, 15) is 0 Å². The summed E-state index contributed by atoms with van der Waals surface area (Å²) in [6, 6.07) is 11.3. The maximum Gasteiger partial charge on any atom is 0.147 e. The monoisotopic (exact) mass is 329 g/mol. The maximum absolute atomic E-state index is 6.08. The van der Waals surface area contributed by atoms with Crippen LogP contribution in [-0.4, -0.2) is 7.05 Å². The van der Waals surface area contributed by atoms with Crippen molar-refractivity contribution >= 4 is 34.8 Å². The first-order valence-electron chi connectivity index (χ1n) is 6.11. The lowest BCUT2D eigenvalue weighted by atomic mass is 10.1. The minimum absolute atomic E-state index is 0.289. The molecule has 0 fully saturated rings. The van der Waals surface area contributed by atoms with Gasteiger partial charge in [0, 0.05) is 12.1 Å². The van der Waals surface area contributed by atoms with Gasteiger partial charge in [0.1, 0.15) is 11.5 Å². The van der Waals surface area contributed by atoms with Crippen molar-refractivity contribution in [1.29, 1.82) is 0 Å². The summed E-state index contributed by atoms with van der Waals surface area (Å²) in [5, 5.41) is 4.42. The average molecular weight is 331 g/mol. The quantitative estimate of drug-likeness (QED) is 0.724. The summed E-state index contributed by atoms with van der Waals surface area (Å²) in [7, 11) is 1.92. The van der Waals surface area contributed by atoms with E-state index in [4.69, 9.17) is 39.5 Å². The molecule has 0 aliphatic carbocycles. The van der Waals surface area contributed by atoms with E-state index >= 15 is 0 Å². The van der Waals surface area contributed by atoms with Crippen molar-refractivity contribution in [3.63, 3.8) is 0 Å². The van der Waals surface area contributed by atoms with Crippen LogP contribution in [0.1, 0.15) is 18.5 Å². The van der Waals surface area contributed by atoms with Gasteiger partial charge in [-0.2, -0.15) is 0 Å². The summed E-state index contributed by atoms with van der Waals surface area (Å²) in [5.41, 5.74) is 1.18. The number of rotatable bonds is 4. The Balaban J connectivity index is 2.20. The van der Waals surface area contributed by atoms with Gasteiger partial charge in [-0.05, 0) is 37.7 Å². The molecule has 2 aromatic rings. The molecule has 0 amide bonds. The summed E-state index contributed by atoms with van der Waals surface area (Å²) in [5.74, 6) is 1.17. The molecular formula is C15H14Cl3NO. The van der Waals surface area contributed by atoms with Crippen LogP contribution in [0.5, 0.6) is 11.5 Å². The Morgan fingerprint density at radius 3 is 2.15 bits per heavy atom. The highest BCUT2D eigenvalue weighted by Crippen LogP contribution is 2.36. The van der Waals surface area contributed by atoms with E-state index in [1.165, 1.54) is 5.56 Å². The lowest BCUT2D eigenvalue weighted by molar-refractivity contribution is 0.482. The van der Waals surface area contributed by atoms with E-state index < -0.39 is 0 Å². The van der Waals surface area contributed by atoms with Crippen LogP contribution in [0.15, 0.2) is 36.4 Å². The van der Waals surface area contributed by atoms with Crippen LogP contribution in [0.4, 0.5) is 0 Å². The number of ether oxygens (including phenoxy) is 1. The number of halogens is 3. The van der Waals surface area contributed by atoms with E-state index in [1.807, 2.05) is 31.3 Å². The van der Waals surface area contributed by atoms with Gasteiger partial charge in [0.05, 0.1) is 15.1 Å². The van der Waals surface area contributed by atoms with Crippen molar-refractivity contribution in [2.45, 2.75) is 13.0 Å². The Morgan fingerprint density at radius 2 is 1.55 bits per heavy atom. The minimum atomic E-state index is 0.289. The molecule has 0 aromatic heterocycles. The molecule has 2 rings (SSSR count). The number of hydrogen-bond donors (Lipinski definition) is 1. The molecule has 1 N–H and O–H groups in total. The smallest absolute Gasteiger partial charge is 0.147 e. The van der Waals surface area contributed by atoms with Crippen LogP contribution in [-0.2, 0) is 0 Å².